The highest BCUT2D eigenvalue weighted by molar-refractivity contribution is 5.98. The predicted octanol–water partition coefficient (Wildman–Crippen LogP) is 3.64. The van der Waals surface area contributed by atoms with Crippen LogP contribution in [0.15, 0.2) is 12.1 Å². The van der Waals surface area contributed by atoms with Gasteiger partial charge in [0, 0.05) is 12.0 Å². The Morgan fingerprint density at radius 3 is 2.42 bits per heavy atom. The minimum atomic E-state index is 0.226. The van der Waals surface area contributed by atoms with Crippen molar-refractivity contribution in [2.75, 3.05) is 13.2 Å². The van der Waals surface area contributed by atoms with Crippen LogP contribution < -0.4 is 9.47 Å². The number of Topliss-reactive ketones (excluding diaryl/α,β-unsaturated/α-hetero) is 1. The Labute approximate surface area is 114 Å². The molecule has 1 atom stereocenters. The molecule has 2 rings (SSSR count). The van der Waals surface area contributed by atoms with E-state index in [0.29, 0.717) is 31.3 Å². The van der Waals surface area contributed by atoms with Crippen LogP contribution in [0, 0.1) is 5.92 Å². The SMILES string of the molecule is CCOc1cc2c(cc1OCC)C(=O)CC(C)CC2. The fourth-order valence-electron chi connectivity index (χ4n) is 2.54. The Hall–Kier alpha value is -1.51. The number of hydrogen-bond donors (Lipinski definition) is 0. The Morgan fingerprint density at radius 1 is 1.16 bits per heavy atom. The van der Waals surface area contributed by atoms with Crippen molar-refractivity contribution in [3.8, 4) is 11.5 Å². The zero-order valence-corrected chi connectivity index (χ0v) is 12.0. The molecule has 0 bridgehead atoms. The van der Waals surface area contributed by atoms with Gasteiger partial charge >= 0.3 is 0 Å². The smallest absolute Gasteiger partial charge is 0.163 e. The van der Waals surface area contributed by atoms with Crippen molar-refractivity contribution in [3.05, 3.63) is 23.3 Å². The van der Waals surface area contributed by atoms with Gasteiger partial charge in [0.1, 0.15) is 0 Å². The highest BCUT2D eigenvalue weighted by atomic mass is 16.5. The minimum absolute atomic E-state index is 0.226. The molecule has 0 heterocycles. The topological polar surface area (TPSA) is 35.5 Å². The number of hydrogen-bond acceptors (Lipinski definition) is 3. The van der Waals surface area contributed by atoms with E-state index in [1.807, 2.05) is 26.0 Å². The third-order valence-corrected chi connectivity index (χ3v) is 3.51. The number of fused-ring (bicyclic) bond motifs is 1. The number of ketones is 1. The van der Waals surface area contributed by atoms with Gasteiger partial charge in [0.2, 0.25) is 0 Å². The third kappa shape index (κ3) is 3.09. The van der Waals surface area contributed by atoms with Crippen LogP contribution in [0.2, 0.25) is 0 Å². The lowest BCUT2D eigenvalue weighted by atomic mass is 10.0. The molecule has 1 unspecified atom stereocenters. The summed E-state index contributed by atoms with van der Waals surface area (Å²) in [4.78, 5) is 12.2. The molecular weight excluding hydrogens is 240 g/mol. The van der Waals surface area contributed by atoms with Crippen LogP contribution in [0.4, 0.5) is 0 Å². The van der Waals surface area contributed by atoms with Gasteiger partial charge < -0.3 is 9.47 Å². The van der Waals surface area contributed by atoms with Crippen LogP contribution in [0.3, 0.4) is 0 Å². The zero-order valence-electron chi connectivity index (χ0n) is 12.0. The highest BCUT2D eigenvalue weighted by Crippen LogP contribution is 2.35. The second-order valence-electron chi connectivity index (χ2n) is 5.09. The summed E-state index contributed by atoms with van der Waals surface area (Å²) in [5.41, 5.74) is 1.91. The molecule has 1 aromatic carbocycles. The molecule has 0 N–H and O–H groups in total. The zero-order chi connectivity index (χ0) is 13.8. The van der Waals surface area contributed by atoms with Gasteiger partial charge in [-0.15, -0.1) is 0 Å². The molecule has 0 saturated heterocycles. The van der Waals surface area contributed by atoms with Crippen LogP contribution in [0.25, 0.3) is 0 Å². The molecule has 1 aliphatic carbocycles. The lowest BCUT2D eigenvalue weighted by Crippen LogP contribution is -2.06. The van der Waals surface area contributed by atoms with Crippen molar-refractivity contribution in [2.24, 2.45) is 5.92 Å². The lowest BCUT2D eigenvalue weighted by Gasteiger charge is -2.14. The predicted molar refractivity (Wildman–Crippen MR) is 75.2 cm³/mol. The second kappa shape index (κ2) is 6.09. The Morgan fingerprint density at radius 2 is 1.79 bits per heavy atom. The standard InChI is InChI=1S/C16H22O3/c1-4-18-15-9-12-7-6-11(3)8-14(17)13(12)10-16(15)19-5-2/h9-11H,4-8H2,1-3H3. The molecule has 0 saturated carbocycles. The number of ether oxygens (including phenoxy) is 2. The second-order valence-corrected chi connectivity index (χ2v) is 5.09. The van der Waals surface area contributed by atoms with Crippen molar-refractivity contribution in [3.63, 3.8) is 0 Å². The number of aryl methyl sites for hydroxylation is 1. The van der Waals surface area contributed by atoms with Crippen molar-refractivity contribution < 1.29 is 14.3 Å². The van der Waals surface area contributed by atoms with Crippen LogP contribution in [-0.4, -0.2) is 19.0 Å². The van der Waals surface area contributed by atoms with Crippen LogP contribution in [-0.2, 0) is 6.42 Å². The first-order valence-corrected chi connectivity index (χ1v) is 7.11. The molecule has 19 heavy (non-hydrogen) atoms. The van der Waals surface area contributed by atoms with E-state index in [1.165, 1.54) is 0 Å². The van der Waals surface area contributed by atoms with E-state index in [2.05, 4.69) is 6.92 Å². The van der Waals surface area contributed by atoms with Crippen LogP contribution in [0.1, 0.15) is 49.5 Å². The minimum Gasteiger partial charge on any atom is -0.490 e. The number of carbonyl (C=O) groups excluding carboxylic acids is 1. The molecule has 0 radical (unpaired) electrons. The molecule has 104 valence electrons. The van der Waals surface area contributed by atoms with E-state index in [0.717, 1.165) is 29.7 Å². The maximum absolute atomic E-state index is 12.2. The van der Waals surface area contributed by atoms with E-state index < -0.39 is 0 Å². The average molecular weight is 262 g/mol. The summed E-state index contributed by atoms with van der Waals surface area (Å²) in [5.74, 6) is 2.12. The highest BCUT2D eigenvalue weighted by Gasteiger charge is 2.22. The Balaban J connectivity index is 2.43. The van der Waals surface area contributed by atoms with Gasteiger partial charge in [-0.1, -0.05) is 6.92 Å². The summed E-state index contributed by atoms with van der Waals surface area (Å²) in [6, 6.07) is 3.85. The first kappa shape index (κ1) is 13.9. The van der Waals surface area contributed by atoms with Gasteiger partial charge in [0.25, 0.3) is 0 Å². The van der Waals surface area contributed by atoms with Gasteiger partial charge in [0.15, 0.2) is 17.3 Å². The summed E-state index contributed by atoms with van der Waals surface area (Å²) in [6.07, 6.45) is 2.62. The summed E-state index contributed by atoms with van der Waals surface area (Å²) in [7, 11) is 0. The molecule has 3 nitrogen and oxygen atoms in total. The molecule has 1 aliphatic rings. The summed E-state index contributed by atoms with van der Waals surface area (Å²) in [6.45, 7) is 7.20. The first-order chi connectivity index (χ1) is 9.15. The van der Waals surface area contributed by atoms with Crippen LogP contribution >= 0.6 is 0 Å². The fourth-order valence-corrected chi connectivity index (χ4v) is 2.54. The summed E-state index contributed by atoms with van der Waals surface area (Å²) < 4.78 is 11.2. The summed E-state index contributed by atoms with van der Waals surface area (Å²) in [5, 5.41) is 0. The largest absolute Gasteiger partial charge is 0.490 e. The van der Waals surface area contributed by atoms with E-state index in [9.17, 15) is 4.79 Å². The Kier molecular flexibility index (Phi) is 4.46. The molecular formula is C16H22O3. The van der Waals surface area contributed by atoms with Gasteiger partial charge in [-0.3, -0.25) is 4.79 Å². The van der Waals surface area contributed by atoms with Crippen molar-refractivity contribution >= 4 is 5.78 Å². The van der Waals surface area contributed by atoms with Gasteiger partial charge in [-0.05, 0) is 50.3 Å². The number of benzene rings is 1. The molecule has 0 aromatic heterocycles. The van der Waals surface area contributed by atoms with E-state index in [-0.39, 0.29) is 5.78 Å². The maximum Gasteiger partial charge on any atom is 0.163 e. The Bertz CT molecular complexity index is 465. The lowest BCUT2D eigenvalue weighted by molar-refractivity contribution is 0.0966. The molecule has 0 spiro atoms. The maximum atomic E-state index is 12.2. The first-order valence-electron chi connectivity index (χ1n) is 7.11. The molecule has 1 aromatic rings. The quantitative estimate of drug-likeness (QED) is 0.777. The number of carbonyl (C=O) groups is 1. The van der Waals surface area contributed by atoms with Crippen LogP contribution in [0.5, 0.6) is 11.5 Å². The normalized spacial score (nSPS) is 18.7. The van der Waals surface area contributed by atoms with E-state index in [4.69, 9.17) is 9.47 Å². The van der Waals surface area contributed by atoms with Gasteiger partial charge in [0.05, 0.1) is 13.2 Å². The fraction of sp³-hybridized carbons (Fsp3) is 0.562. The summed E-state index contributed by atoms with van der Waals surface area (Å²) >= 11 is 0. The average Bonchev–Trinajstić information content (AvgIpc) is 2.51. The monoisotopic (exact) mass is 262 g/mol. The van der Waals surface area contributed by atoms with Crippen molar-refractivity contribution in [1.29, 1.82) is 0 Å². The van der Waals surface area contributed by atoms with Crippen molar-refractivity contribution in [1.82, 2.24) is 0 Å². The van der Waals surface area contributed by atoms with E-state index >= 15 is 0 Å². The number of rotatable bonds is 4. The van der Waals surface area contributed by atoms with Gasteiger partial charge in [-0.2, -0.15) is 0 Å². The van der Waals surface area contributed by atoms with Gasteiger partial charge in [-0.25, -0.2) is 0 Å². The molecule has 0 amide bonds. The van der Waals surface area contributed by atoms with Crippen molar-refractivity contribution in [2.45, 2.75) is 40.0 Å². The van der Waals surface area contributed by atoms with E-state index in [1.54, 1.807) is 0 Å². The molecule has 0 fully saturated rings. The molecule has 0 aliphatic heterocycles. The molecule has 3 heteroatoms. The third-order valence-electron chi connectivity index (χ3n) is 3.51.